The maximum atomic E-state index is 14.2. The number of likely N-dealkylation sites (N-methyl/N-ethyl adjacent to an activating group) is 1. The minimum absolute atomic E-state index is 0.0318. The topological polar surface area (TPSA) is 57.2 Å². The van der Waals surface area contributed by atoms with Gasteiger partial charge in [-0.05, 0) is 97.1 Å². The summed E-state index contributed by atoms with van der Waals surface area (Å²) in [5.41, 5.74) is 1.87. The first-order chi connectivity index (χ1) is 23.1. The summed E-state index contributed by atoms with van der Waals surface area (Å²) in [5, 5.41) is 2.82. The van der Waals surface area contributed by atoms with Gasteiger partial charge in [-0.2, -0.15) is 0 Å². The normalized spacial score (nSPS) is 21.3. The summed E-state index contributed by atoms with van der Waals surface area (Å²) in [7, 11) is 0. The zero-order valence-electron chi connectivity index (χ0n) is 30.5. The third-order valence-corrected chi connectivity index (χ3v) is 7.72. The average Bonchev–Trinajstić information content (AvgIpc) is 3.46. The molecule has 1 N–H and O–H groups in total. The largest absolute Gasteiger partial charge is 0.381 e. The molecule has 8 heteroatoms. The van der Waals surface area contributed by atoms with E-state index in [0.717, 1.165) is 25.0 Å². The van der Waals surface area contributed by atoms with Gasteiger partial charge in [0.25, 0.3) is 5.91 Å². The maximum absolute atomic E-state index is 14.2. The van der Waals surface area contributed by atoms with Gasteiger partial charge in [-0.25, -0.2) is 8.78 Å². The Hall–Kier alpha value is -3.62. The Morgan fingerprint density at radius 1 is 1.10 bits per heavy atom. The van der Waals surface area contributed by atoms with Gasteiger partial charge in [-0.15, -0.1) is 0 Å². The first-order valence-electron chi connectivity index (χ1n) is 17.8. The van der Waals surface area contributed by atoms with Crippen LogP contribution in [0.3, 0.4) is 0 Å². The Morgan fingerprint density at radius 2 is 1.88 bits per heavy atom. The molecule has 41 heavy (non-hydrogen) atoms. The Bertz CT molecular complexity index is 1780. The van der Waals surface area contributed by atoms with E-state index in [-0.39, 0.29) is 60.2 Å². The van der Waals surface area contributed by atoms with Gasteiger partial charge >= 0.3 is 0 Å². The second kappa shape index (κ2) is 12.1. The fourth-order valence-electron chi connectivity index (χ4n) is 5.46. The summed E-state index contributed by atoms with van der Waals surface area (Å²) < 4.78 is 100.0. The van der Waals surface area contributed by atoms with E-state index in [1.165, 1.54) is 23.1 Å². The van der Waals surface area contributed by atoms with Crippen LogP contribution in [0.1, 0.15) is 62.0 Å². The molecule has 0 saturated carbocycles. The van der Waals surface area contributed by atoms with Crippen molar-refractivity contribution in [1.82, 2.24) is 10.2 Å². The van der Waals surface area contributed by atoms with Crippen LogP contribution in [0.5, 0.6) is 0 Å². The fraction of sp³-hybridized carbons (Fsp3) is 0.394. The van der Waals surface area contributed by atoms with Gasteiger partial charge < -0.3 is 19.9 Å². The van der Waals surface area contributed by atoms with Gasteiger partial charge in [0.2, 0.25) is 0 Å². The number of carbonyl (C=O) groups is 1. The van der Waals surface area contributed by atoms with Crippen molar-refractivity contribution in [2.45, 2.75) is 32.2 Å². The average molecular weight is 567 g/mol. The molecule has 0 spiro atoms. The molecule has 3 aliphatic heterocycles. The van der Waals surface area contributed by atoms with Crippen molar-refractivity contribution >= 4 is 17.4 Å². The number of halogens is 2. The minimum atomic E-state index is -2.34. The van der Waals surface area contributed by atoms with Crippen LogP contribution in [-0.4, -0.2) is 63.0 Å². The number of nitrogens with one attached hydrogen (secondary N) is 1. The highest BCUT2D eigenvalue weighted by atomic mass is 19.1. The molecule has 6 rings (SSSR count). The first kappa shape index (κ1) is 19.5. The predicted octanol–water partition coefficient (Wildman–Crippen LogP) is 4.97. The Morgan fingerprint density at radius 3 is 2.63 bits per heavy atom. The summed E-state index contributed by atoms with van der Waals surface area (Å²) in [4.78, 5) is 21.7. The Balaban J connectivity index is 1.30. The molecule has 3 heterocycles. The van der Waals surface area contributed by atoms with Gasteiger partial charge in [0.05, 0.1) is 10.7 Å². The number of hydrogen-bond acceptors (Lipinski definition) is 5. The highest BCUT2D eigenvalue weighted by molar-refractivity contribution is 6.14. The van der Waals surface area contributed by atoms with Gasteiger partial charge in [-0.1, -0.05) is 12.1 Å². The number of anilines is 1. The first-order valence-corrected chi connectivity index (χ1v) is 13.8. The van der Waals surface area contributed by atoms with E-state index in [0.29, 0.717) is 55.1 Å². The quantitative estimate of drug-likeness (QED) is 0.458. The Labute approximate surface area is 251 Å². The van der Waals surface area contributed by atoms with E-state index < -0.39 is 36.9 Å². The van der Waals surface area contributed by atoms with Crippen molar-refractivity contribution in [2.24, 2.45) is 10.9 Å². The molecule has 2 saturated heterocycles. The molecule has 1 amide bonds. The van der Waals surface area contributed by atoms with E-state index in [2.05, 4.69) is 10.3 Å². The van der Waals surface area contributed by atoms with Crippen LogP contribution in [0.4, 0.5) is 14.5 Å². The van der Waals surface area contributed by atoms with Crippen molar-refractivity contribution in [3.8, 4) is 0 Å². The van der Waals surface area contributed by atoms with E-state index in [1.54, 1.807) is 6.07 Å². The van der Waals surface area contributed by atoms with Crippen LogP contribution in [0.25, 0.3) is 0 Å². The fourth-order valence-corrected chi connectivity index (χ4v) is 5.46. The highest BCUT2D eigenvalue weighted by Gasteiger charge is 2.24. The number of rotatable bonds is 6. The van der Waals surface area contributed by atoms with Crippen LogP contribution in [0, 0.1) is 17.6 Å². The summed E-state index contributed by atoms with van der Waals surface area (Å²) in [6.45, 7) is 0.213. The molecular formula is C33H36F2N4O2. The van der Waals surface area contributed by atoms with E-state index in [9.17, 15) is 14.9 Å². The zero-order valence-corrected chi connectivity index (χ0v) is 22.5. The third-order valence-electron chi connectivity index (χ3n) is 7.72. The molecule has 0 bridgehead atoms. The van der Waals surface area contributed by atoms with Crippen molar-refractivity contribution in [3.05, 3.63) is 99.5 Å². The van der Waals surface area contributed by atoms with Crippen LogP contribution >= 0.6 is 0 Å². The molecular weight excluding hydrogens is 522 g/mol. The molecule has 0 atom stereocenters. The molecule has 0 aliphatic carbocycles. The lowest BCUT2D eigenvalue weighted by molar-refractivity contribution is 0.0664. The smallest absolute Gasteiger partial charge is 0.257 e. The number of hydrogen-bond donors (Lipinski definition) is 1. The lowest BCUT2D eigenvalue weighted by Crippen LogP contribution is -2.44. The monoisotopic (exact) mass is 566 g/mol. The highest BCUT2D eigenvalue weighted by Crippen LogP contribution is 2.28. The number of carbonyl (C=O) groups excluding carboxylic acids is 1. The number of ether oxygens (including phenoxy) is 1. The summed E-state index contributed by atoms with van der Waals surface area (Å²) in [5.74, 6) is -2.64. The number of aliphatic imine (C=N–C) groups is 1. The second-order valence-corrected chi connectivity index (χ2v) is 10.6. The Kier molecular flexibility index (Phi) is 5.75. The van der Waals surface area contributed by atoms with Gasteiger partial charge in [0.1, 0.15) is 17.5 Å². The zero-order chi connectivity index (χ0) is 35.2. The van der Waals surface area contributed by atoms with Gasteiger partial charge in [0.15, 0.2) is 0 Å². The standard InChI is InChI=1S/C33H36F2N4O2/c1-38-8-10-39(11-9-38)29-4-5-30(26(19-29)15-22-6-12-41-13-7-22)33(40)37-32-31-18-23(2-3-25(31)21-36-32)14-24-16-27(34)20-28(35)17-24/h2-5,16-20,22H,6-15,21H2,1H3,(H,36,37,40)/i1D3,4D,14D2,19D,20D. The number of amidine groups is 1. The van der Waals surface area contributed by atoms with Crippen molar-refractivity contribution < 1.29 is 29.3 Å². The maximum Gasteiger partial charge on any atom is 0.257 e. The number of nitrogens with zero attached hydrogens (tertiary/aromatic N) is 3. The van der Waals surface area contributed by atoms with Crippen molar-refractivity contribution in [2.75, 3.05) is 51.3 Å². The van der Waals surface area contributed by atoms with Crippen LogP contribution in [-0.2, 0) is 24.1 Å². The molecule has 0 aromatic heterocycles. The van der Waals surface area contributed by atoms with E-state index >= 15 is 0 Å². The predicted molar refractivity (Wildman–Crippen MR) is 157 cm³/mol. The molecule has 214 valence electrons. The second-order valence-electron chi connectivity index (χ2n) is 10.6. The molecule has 0 radical (unpaired) electrons. The molecule has 6 nitrogen and oxygen atoms in total. The number of amides is 1. The van der Waals surface area contributed by atoms with Crippen LogP contribution < -0.4 is 10.2 Å². The number of benzene rings is 3. The minimum Gasteiger partial charge on any atom is -0.381 e. The number of piperazine rings is 1. The molecule has 3 aromatic rings. The van der Waals surface area contributed by atoms with Gasteiger partial charge in [0, 0.05) is 69.1 Å². The molecule has 0 unspecified atom stereocenters. The van der Waals surface area contributed by atoms with Crippen LogP contribution in [0.2, 0.25) is 0 Å². The van der Waals surface area contributed by atoms with Gasteiger partial charge in [-0.3, -0.25) is 9.79 Å². The molecule has 2 fully saturated rings. The van der Waals surface area contributed by atoms with Crippen molar-refractivity contribution in [3.63, 3.8) is 0 Å². The number of fused-ring (bicyclic) bond motifs is 1. The summed E-state index contributed by atoms with van der Waals surface area (Å²) in [6, 6.07) is 6.71. The van der Waals surface area contributed by atoms with Crippen LogP contribution in [0.15, 0.2) is 59.5 Å². The van der Waals surface area contributed by atoms with E-state index in [4.69, 9.17) is 14.3 Å². The molecule has 3 aromatic carbocycles. The molecule has 3 aliphatic rings. The lowest BCUT2D eigenvalue weighted by Gasteiger charge is -2.34. The summed E-state index contributed by atoms with van der Waals surface area (Å²) >= 11 is 0. The lowest BCUT2D eigenvalue weighted by atomic mass is 9.89. The summed E-state index contributed by atoms with van der Waals surface area (Å²) in [6.07, 6.45) is -0.438. The third kappa shape index (κ3) is 6.49. The SMILES string of the molecule is [2H]c1cc(C(=O)NC2=NCc3ccc(C([2H])([2H])c4cc(F)c([2H])c(F)c4)cc32)c(CC2CCOCC2)c([2H])c1N1CCN(C([2H])([2H])[2H])CC1. The van der Waals surface area contributed by atoms with E-state index in [1.807, 2.05) is 4.90 Å². The van der Waals surface area contributed by atoms with Crippen molar-refractivity contribution in [1.29, 1.82) is 0 Å².